The minimum Gasteiger partial charge on any atom is -0.496 e. The van der Waals surface area contributed by atoms with E-state index in [9.17, 15) is 0 Å². The number of guanidine groups is 1. The molecule has 1 aromatic rings. The Hall–Kier alpha value is -2.15. The molecule has 0 spiro atoms. The maximum atomic E-state index is 5.51. The molecule has 0 radical (unpaired) electrons. The highest BCUT2D eigenvalue weighted by molar-refractivity contribution is 5.79. The van der Waals surface area contributed by atoms with Gasteiger partial charge in [0, 0.05) is 37.3 Å². The fourth-order valence-corrected chi connectivity index (χ4v) is 3.86. The van der Waals surface area contributed by atoms with E-state index >= 15 is 0 Å². The van der Waals surface area contributed by atoms with Gasteiger partial charge < -0.3 is 24.8 Å². The zero-order valence-electron chi connectivity index (χ0n) is 18.7. The molecule has 1 aliphatic rings. The molecule has 7 heteroatoms. The Morgan fingerprint density at radius 3 is 2.41 bits per heavy atom. The van der Waals surface area contributed by atoms with Crippen LogP contribution in [0.4, 0.5) is 0 Å². The minimum absolute atomic E-state index is 0.486. The molecule has 2 rings (SSSR count). The molecule has 0 saturated carbocycles. The van der Waals surface area contributed by atoms with Crippen molar-refractivity contribution in [2.45, 2.75) is 52.1 Å². The monoisotopic (exact) mass is 406 g/mol. The van der Waals surface area contributed by atoms with Crippen molar-refractivity contribution in [1.82, 2.24) is 15.5 Å². The van der Waals surface area contributed by atoms with E-state index in [1.54, 1.807) is 21.3 Å². The lowest BCUT2D eigenvalue weighted by Crippen LogP contribution is -2.45. The van der Waals surface area contributed by atoms with Crippen molar-refractivity contribution in [3.63, 3.8) is 0 Å². The Kier molecular flexibility index (Phi) is 9.91. The first-order valence-corrected chi connectivity index (χ1v) is 10.7. The predicted octanol–water partition coefficient (Wildman–Crippen LogP) is 3.03. The molecule has 0 amide bonds. The number of methoxy groups -OCH3 is 3. The highest BCUT2D eigenvalue weighted by Crippen LogP contribution is 2.34. The summed E-state index contributed by atoms with van der Waals surface area (Å²) in [4.78, 5) is 7.35. The molecule has 0 bridgehead atoms. The molecule has 0 aliphatic carbocycles. The molecule has 0 aromatic heterocycles. The summed E-state index contributed by atoms with van der Waals surface area (Å²) in [6.45, 7) is 8.80. The maximum Gasteiger partial charge on any atom is 0.191 e. The van der Waals surface area contributed by atoms with Crippen LogP contribution in [-0.4, -0.2) is 64.4 Å². The number of ether oxygens (including phenoxy) is 3. The number of hydrogen-bond donors (Lipinski definition) is 2. The van der Waals surface area contributed by atoms with E-state index in [0.29, 0.717) is 18.0 Å². The number of piperidine rings is 1. The van der Waals surface area contributed by atoms with Crippen LogP contribution in [0.15, 0.2) is 17.1 Å². The zero-order valence-corrected chi connectivity index (χ0v) is 18.7. The van der Waals surface area contributed by atoms with Crippen molar-refractivity contribution in [3.8, 4) is 17.2 Å². The number of nitrogens with one attached hydrogen (secondary N) is 2. The lowest BCUT2D eigenvalue weighted by atomic mass is 10.0. The highest BCUT2D eigenvalue weighted by atomic mass is 16.5. The van der Waals surface area contributed by atoms with E-state index in [0.717, 1.165) is 42.9 Å². The van der Waals surface area contributed by atoms with Crippen LogP contribution in [0.3, 0.4) is 0 Å². The number of hydrogen-bond acceptors (Lipinski definition) is 5. The third kappa shape index (κ3) is 6.70. The molecule has 1 atom stereocenters. The Morgan fingerprint density at radius 1 is 1.03 bits per heavy atom. The van der Waals surface area contributed by atoms with Gasteiger partial charge in [0.05, 0.1) is 27.9 Å². The summed E-state index contributed by atoms with van der Waals surface area (Å²) in [7, 11) is 4.90. The summed E-state index contributed by atoms with van der Waals surface area (Å²) in [5, 5.41) is 6.80. The van der Waals surface area contributed by atoms with Gasteiger partial charge in [-0.2, -0.15) is 0 Å². The van der Waals surface area contributed by atoms with Crippen molar-refractivity contribution in [1.29, 1.82) is 0 Å². The van der Waals surface area contributed by atoms with E-state index in [1.165, 1.54) is 32.2 Å². The van der Waals surface area contributed by atoms with Crippen molar-refractivity contribution >= 4 is 5.96 Å². The lowest BCUT2D eigenvalue weighted by molar-refractivity contribution is 0.147. The second-order valence-corrected chi connectivity index (χ2v) is 7.23. The first kappa shape index (κ1) is 23.1. The van der Waals surface area contributed by atoms with Crippen LogP contribution in [0.5, 0.6) is 17.2 Å². The van der Waals surface area contributed by atoms with Gasteiger partial charge >= 0.3 is 0 Å². The SMILES string of the molecule is CCNC(=NCc1cc(OC)c(OC)cc1OC)NCCN1CCCCC1CC. The van der Waals surface area contributed by atoms with Gasteiger partial charge in [0.1, 0.15) is 5.75 Å². The van der Waals surface area contributed by atoms with Gasteiger partial charge in [-0.1, -0.05) is 13.3 Å². The van der Waals surface area contributed by atoms with Gasteiger partial charge in [0.15, 0.2) is 17.5 Å². The predicted molar refractivity (Wildman–Crippen MR) is 118 cm³/mol. The smallest absolute Gasteiger partial charge is 0.191 e. The van der Waals surface area contributed by atoms with Crippen molar-refractivity contribution in [3.05, 3.63) is 17.7 Å². The van der Waals surface area contributed by atoms with Crippen molar-refractivity contribution in [2.24, 2.45) is 4.99 Å². The summed E-state index contributed by atoms with van der Waals surface area (Å²) >= 11 is 0. The molecular formula is C22H38N4O3. The third-order valence-electron chi connectivity index (χ3n) is 5.45. The maximum absolute atomic E-state index is 5.51. The Labute approximate surface area is 175 Å². The van der Waals surface area contributed by atoms with Gasteiger partial charge in [-0.15, -0.1) is 0 Å². The topological polar surface area (TPSA) is 67.4 Å². The summed E-state index contributed by atoms with van der Waals surface area (Å²) in [6, 6.07) is 4.48. The molecule has 2 N–H and O–H groups in total. The van der Waals surface area contributed by atoms with E-state index in [1.807, 2.05) is 12.1 Å². The van der Waals surface area contributed by atoms with E-state index in [4.69, 9.17) is 19.2 Å². The summed E-state index contributed by atoms with van der Waals surface area (Å²) in [5.74, 6) is 2.87. The number of aliphatic imine (C=N–C) groups is 1. The van der Waals surface area contributed by atoms with Crippen LogP contribution in [-0.2, 0) is 6.54 Å². The third-order valence-corrected chi connectivity index (χ3v) is 5.45. The average Bonchev–Trinajstić information content (AvgIpc) is 2.77. The molecule has 164 valence electrons. The van der Waals surface area contributed by atoms with Crippen LogP contribution in [0.25, 0.3) is 0 Å². The van der Waals surface area contributed by atoms with Crippen LogP contribution in [0.1, 0.15) is 45.1 Å². The molecule has 7 nitrogen and oxygen atoms in total. The molecule has 1 aliphatic heterocycles. The molecule has 29 heavy (non-hydrogen) atoms. The Morgan fingerprint density at radius 2 is 1.76 bits per heavy atom. The molecule has 1 heterocycles. The molecule has 1 fully saturated rings. The minimum atomic E-state index is 0.486. The first-order chi connectivity index (χ1) is 14.2. The molecule has 1 saturated heterocycles. The summed E-state index contributed by atoms with van der Waals surface area (Å²) < 4.78 is 16.3. The zero-order chi connectivity index (χ0) is 21.1. The fourth-order valence-electron chi connectivity index (χ4n) is 3.86. The van der Waals surface area contributed by atoms with Crippen LogP contribution in [0, 0.1) is 0 Å². The van der Waals surface area contributed by atoms with Gasteiger partial charge in [0.25, 0.3) is 0 Å². The van der Waals surface area contributed by atoms with Gasteiger partial charge in [0.2, 0.25) is 0 Å². The molecular weight excluding hydrogens is 368 g/mol. The van der Waals surface area contributed by atoms with Gasteiger partial charge in [-0.3, -0.25) is 4.90 Å². The van der Waals surface area contributed by atoms with Crippen LogP contribution in [0.2, 0.25) is 0 Å². The first-order valence-electron chi connectivity index (χ1n) is 10.7. The number of nitrogens with zero attached hydrogens (tertiary/aromatic N) is 2. The van der Waals surface area contributed by atoms with E-state index in [-0.39, 0.29) is 0 Å². The fraction of sp³-hybridized carbons (Fsp3) is 0.682. The Bertz CT molecular complexity index is 651. The summed E-state index contributed by atoms with van der Waals surface area (Å²) in [6.07, 6.45) is 5.22. The van der Waals surface area contributed by atoms with Gasteiger partial charge in [-0.05, 0) is 38.8 Å². The highest BCUT2D eigenvalue weighted by Gasteiger charge is 2.20. The second kappa shape index (κ2) is 12.4. The largest absolute Gasteiger partial charge is 0.496 e. The quantitative estimate of drug-likeness (QED) is 0.460. The van der Waals surface area contributed by atoms with Crippen molar-refractivity contribution in [2.75, 3.05) is 47.5 Å². The Balaban J connectivity index is 2.01. The molecule has 1 unspecified atom stereocenters. The van der Waals surface area contributed by atoms with Gasteiger partial charge in [-0.25, -0.2) is 4.99 Å². The van der Waals surface area contributed by atoms with E-state index in [2.05, 4.69) is 29.4 Å². The van der Waals surface area contributed by atoms with Crippen LogP contribution >= 0.6 is 0 Å². The second-order valence-electron chi connectivity index (χ2n) is 7.23. The van der Waals surface area contributed by atoms with Crippen molar-refractivity contribution < 1.29 is 14.2 Å². The normalized spacial score (nSPS) is 17.7. The number of likely N-dealkylation sites (tertiary alicyclic amines) is 1. The number of rotatable bonds is 10. The molecule has 1 aromatic carbocycles. The average molecular weight is 407 g/mol. The summed E-state index contributed by atoms with van der Waals surface area (Å²) in [5.41, 5.74) is 0.949. The standard InChI is InChI=1S/C22H38N4O3/c1-6-18-10-8-9-12-26(18)13-11-24-22(23-7-2)25-16-17-14-20(28-4)21(29-5)15-19(17)27-3/h14-15,18H,6-13,16H2,1-5H3,(H2,23,24,25). The van der Waals surface area contributed by atoms with E-state index < -0.39 is 0 Å². The lowest BCUT2D eigenvalue weighted by Gasteiger charge is -2.35. The van der Waals surface area contributed by atoms with Crippen LogP contribution < -0.4 is 24.8 Å². The number of benzene rings is 1.